The molecule has 0 bridgehead atoms. The van der Waals surface area contributed by atoms with Crippen molar-refractivity contribution in [1.29, 1.82) is 0 Å². The molecule has 0 aliphatic heterocycles. The van der Waals surface area contributed by atoms with Crippen LogP contribution in [0.3, 0.4) is 0 Å². The van der Waals surface area contributed by atoms with Gasteiger partial charge in [-0.05, 0) is 55.8 Å². The van der Waals surface area contributed by atoms with Crippen molar-refractivity contribution in [2.45, 2.75) is 13.8 Å². The highest BCUT2D eigenvalue weighted by Crippen LogP contribution is 2.17. The predicted molar refractivity (Wildman–Crippen MR) is 106 cm³/mol. The maximum atomic E-state index is 10.8. The summed E-state index contributed by atoms with van der Waals surface area (Å²) in [6.07, 6.45) is 1.64. The van der Waals surface area contributed by atoms with Gasteiger partial charge in [0.15, 0.2) is 0 Å². The zero-order valence-electron chi connectivity index (χ0n) is 15.6. The van der Waals surface area contributed by atoms with Crippen LogP contribution in [0.2, 0.25) is 0 Å². The molecule has 3 rings (SSSR count). The van der Waals surface area contributed by atoms with Gasteiger partial charge in [0, 0.05) is 12.1 Å². The van der Waals surface area contributed by atoms with Crippen molar-refractivity contribution in [3.8, 4) is 11.4 Å². The molecule has 1 heterocycles. The number of rotatable bonds is 6. The molecule has 0 N–H and O–H groups in total. The van der Waals surface area contributed by atoms with Crippen molar-refractivity contribution in [2.75, 3.05) is 7.11 Å². The molecule has 3 aromatic rings. The van der Waals surface area contributed by atoms with Gasteiger partial charge in [-0.15, -0.1) is 5.10 Å². The van der Waals surface area contributed by atoms with E-state index in [-0.39, 0.29) is 5.69 Å². The maximum absolute atomic E-state index is 10.8. The fourth-order valence-electron chi connectivity index (χ4n) is 2.54. The van der Waals surface area contributed by atoms with Crippen molar-refractivity contribution in [3.63, 3.8) is 0 Å². The lowest BCUT2D eigenvalue weighted by Gasteiger charge is -2.03. The van der Waals surface area contributed by atoms with Crippen LogP contribution >= 0.6 is 0 Å². The molecule has 142 valence electrons. The first-order valence-corrected chi connectivity index (χ1v) is 8.39. The molecule has 0 unspecified atom stereocenters. The van der Waals surface area contributed by atoms with Gasteiger partial charge in [-0.25, -0.2) is 4.68 Å². The number of non-ortho nitro benzene ring substituents is 1. The molecule has 0 saturated heterocycles. The second-order valence-corrected chi connectivity index (χ2v) is 5.91. The van der Waals surface area contributed by atoms with E-state index >= 15 is 0 Å². The third-order valence-corrected chi connectivity index (χ3v) is 4.07. The first-order valence-electron chi connectivity index (χ1n) is 8.39. The molecule has 0 radical (unpaired) electrons. The van der Waals surface area contributed by atoms with Crippen LogP contribution in [0.5, 0.6) is 5.75 Å². The SMILES string of the molecule is COc1ccc(/C=N/N=C(\C)c2nnn(-c3ccc([N+](=O)[O-])cc3)c2C)cc1. The molecule has 9 heteroatoms. The van der Waals surface area contributed by atoms with E-state index in [0.717, 1.165) is 17.0 Å². The van der Waals surface area contributed by atoms with Gasteiger partial charge in [-0.2, -0.15) is 10.2 Å². The highest BCUT2D eigenvalue weighted by Gasteiger charge is 2.13. The Morgan fingerprint density at radius 2 is 1.86 bits per heavy atom. The molecule has 0 spiro atoms. The maximum Gasteiger partial charge on any atom is 0.269 e. The Kier molecular flexibility index (Phi) is 5.54. The Morgan fingerprint density at radius 1 is 1.18 bits per heavy atom. The van der Waals surface area contributed by atoms with Gasteiger partial charge in [0.1, 0.15) is 11.4 Å². The Morgan fingerprint density at radius 3 is 2.46 bits per heavy atom. The predicted octanol–water partition coefficient (Wildman–Crippen LogP) is 3.34. The summed E-state index contributed by atoms with van der Waals surface area (Å²) in [4.78, 5) is 10.3. The minimum atomic E-state index is -0.443. The summed E-state index contributed by atoms with van der Waals surface area (Å²) in [6.45, 7) is 3.64. The first kappa shape index (κ1) is 18.9. The van der Waals surface area contributed by atoms with Crippen LogP contribution in [0.25, 0.3) is 5.69 Å². The molecule has 2 aromatic carbocycles. The molecule has 1 aromatic heterocycles. The Bertz CT molecular complexity index is 1040. The largest absolute Gasteiger partial charge is 0.497 e. The number of aromatic nitrogens is 3. The summed E-state index contributed by atoms with van der Waals surface area (Å²) in [7, 11) is 1.61. The Labute approximate surface area is 161 Å². The molecule has 0 fully saturated rings. The van der Waals surface area contributed by atoms with Crippen LogP contribution in [0.4, 0.5) is 5.69 Å². The van der Waals surface area contributed by atoms with Crippen LogP contribution in [0.1, 0.15) is 23.9 Å². The highest BCUT2D eigenvalue weighted by molar-refractivity contribution is 5.98. The minimum absolute atomic E-state index is 0.0207. The lowest BCUT2D eigenvalue weighted by molar-refractivity contribution is -0.384. The van der Waals surface area contributed by atoms with Crippen molar-refractivity contribution in [1.82, 2.24) is 15.0 Å². The topological polar surface area (TPSA) is 108 Å². The van der Waals surface area contributed by atoms with E-state index < -0.39 is 4.92 Å². The number of hydrogen-bond donors (Lipinski definition) is 0. The molecule has 0 saturated carbocycles. The summed E-state index contributed by atoms with van der Waals surface area (Å²) in [5.74, 6) is 0.773. The number of benzene rings is 2. The molecule has 0 aliphatic carbocycles. The van der Waals surface area contributed by atoms with Gasteiger partial charge in [-0.1, -0.05) is 5.21 Å². The quantitative estimate of drug-likeness (QED) is 0.371. The molecular formula is C19H18N6O3. The van der Waals surface area contributed by atoms with Gasteiger partial charge in [0.2, 0.25) is 0 Å². The van der Waals surface area contributed by atoms with Crippen molar-refractivity contribution in [2.24, 2.45) is 10.2 Å². The van der Waals surface area contributed by atoms with Crippen molar-refractivity contribution >= 4 is 17.6 Å². The fourth-order valence-corrected chi connectivity index (χ4v) is 2.54. The first-order chi connectivity index (χ1) is 13.5. The minimum Gasteiger partial charge on any atom is -0.497 e. The van der Waals surface area contributed by atoms with Crippen LogP contribution in [-0.4, -0.2) is 39.0 Å². The third-order valence-electron chi connectivity index (χ3n) is 4.07. The van der Waals surface area contributed by atoms with Gasteiger partial charge >= 0.3 is 0 Å². The van der Waals surface area contributed by atoms with E-state index in [9.17, 15) is 10.1 Å². The second-order valence-electron chi connectivity index (χ2n) is 5.91. The lowest BCUT2D eigenvalue weighted by atomic mass is 10.2. The summed E-state index contributed by atoms with van der Waals surface area (Å²) < 4.78 is 6.72. The van der Waals surface area contributed by atoms with Crippen molar-refractivity contribution < 1.29 is 9.66 Å². The van der Waals surface area contributed by atoms with E-state index in [0.29, 0.717) is 17.1 Å². The Hall–Kier alpha value is -3.88. The molecule has 9 nitrogen and oxygen atoms in total. The van der Waals surface area contributed by atoms with Gasteiger partial charge < -0.3 is 4.74 Å². The number of nitrogens with zero attached hydrogens (tertiary/aromatic N) is 6. The van der Waals surface area contributed by atoms with E-state index in [1.807, 2.05) is 31.2 Å². The standard InChI is InChI=1S/C19H18N6O3/c1-13(21-20-12-15-4-10-18(28-3)11-5-15)19-14(2)24(23-22-19)16-6-8-17(9-7-16)25(26)27/h4-12H,1-3H3/b20-12+,21-13+. The van der Waals surface area contributed by atoms with E-state index in [1.165, 1.54) is 12.1 Å². The van der Waals surface area contributed by atoms with Crippen molar-refractivity contribution in [3.05, 3.63) is 75.6 Å². The summed E-state index contributed by atoms with van der Waals surface area (Å²) >= 11 is 0. The van der Waals surface area contributed by atoms with E-state index in [2.05, 4.69) is 20.5 Å². The molecule has 0 atom stereocenters. The average molecular weight is 378 g/mol. The number of hydrogen-bond acceptors (Lipinski definition) is 7. The summed E-state index contributed by atoms with van der Waals surface area (Å²) in [5, 5.41) is 27.3. The monoisotopic (exact) mass is 378 g/mol. The smallest absolute Gasteiger partial charge is 0.269 e. The van der Waals surface area contributed by atoms with Crippen LogP contribution in [-0.2, 0) is 0 Å². The van der Waals surface area contributed by atoms with Gasteiger partial charge in [0.05, 0.1) is 35.3 Å². The van der Waals surface area contributed by atoms with Crippen LogP contribution < -0.4 is 4.74 Å². The van der Waals surface area contributed by atoms with Gasteiger partial charge in [-0.3, -0.25) is 10.1 Å². The highest BCUT2D eigenvalue weighted by atomic mass is 16.6. The van der Waals surface area contributed by atoms with Crippen LogP contribution in [0, 0.1) is 17.0 Å². The van der Waals surface area contributed by atoms with Gasteiger partial charge in [0.25, 0.3) is 5.69 Å². The Balaban J connectivity index is 1.78. The summed E-state index contributed by atoms with van der Waals surface area (Å²) in [5.41, 5.74) is 3.56. The zero-order chi connectivity index (χ0) is 20.1. The number of nitro benzene ring substituents is 1. The fraction of sp³-hybridized carbons (Fsp3) is 0.158. The molecule has 0 aliphatic rings. The number of nitro groups is 1. The summed E-state index contributed by atoms with van der Waals surface area (Å²) in [6, 6.07) is 13.5. The second kappa shape index (κ2) is 8.21. The van der Waals surface area contributed by atoms with Crippen LogP contribution in [0.15, 0.2) is 58.7 Å². The average Bonchev–Trinajstić information content (AvgIpc) is 3.10. The van der Waals surface area contributed by atoms with E-state index in [1.54, 1.807) is 37.1 Å². The third kappa shape index (κ3) is 4.09. The normalized spacial score (nSPS) is 11.8. The lowest BCUT2D eigenvalue weighted by Crippen LogP contribution is -2.02. The molecular weight excluding hydrogens is 360 g/mol. The number of ether oxygens (including phenoxy) is 1. The molecule has 0 amide bonds. The number of methoxy groups -OCH3 is 1. The molecule has 28 heavy (non-hydrogen) atoms. The van der Waals surface area contributed by atoms with E-state index in [4.69, 9.17) is 4.74 Å². The zero-order valence-corrected chi connectivity index (χ0v) is 15.6.